The highest BCUT2D eigenvalue weighted by atomic mass is 16.5. The van der Waals surface area contributed by atoms with Crippen LogP contribution in [0.4, 0.5) is 0 Å². The molecule has 0 aromatic heterocycles. The third kappa shape index (κ3) is 5.43. The molecule has 35 heavy (non-hydrogen) atoms. The Balaban J connectivity index is 2.14. The van der Waals surface area contributed by atoms with Crippen LogP contribution < -0.4 is 14.2 Å². The van der Waals surface area contributed by atoms with Crippen molar-refractivity contribution in [1.82, 2.24) is 9.80 Å². The molecule has 0 unspecified atom stereocenters. The summed E-state index contributed by atoms with van der Waals surface area (Å²) in [6.45, 7) is 5.39. The van der Waals surface area contributed by atoms with Crippen LogP contribution >= 0.6 is 0 Å². The maximum absolute atomic E-state index is 13.2. The molecule has 188 valence electrons. The molecule has 0 saturated carbocycles. The first kappa shape index (κ1) is 26.1. The average Bonchev–Trinajstić information content (AvgIpc) is 3.09. The number of Topliss-reactive ketones (excluding diaryl/α,β-unsaturated/α-hetero) is 1. The molecule has 0 bridgehead atoms. The summed E-state index contributed by atoms with van der Waals surface area (Å²) < 4.78 is 16.4. The largest absolute Gasteiger partial charge is 0.507 e. The van der Waals surface area contributed by atoms with E-state index in [-0.39, 0.29) is 11.3 Å². The van der Waals surface area contributed by atoms with Crippen molar-refractivity contribution in [3.05, 3.63) is 58.7 Å². The fourth-order valence-electron chi connectivity index (χ4n) is 4.31. The number of amides is 1. The normalized spacial score (nSPS) is 17.2. The highest BCUT2D eigenvalue weighted by Crippen LogP contribution is 2.42. The molecule has 2 aromatic carbocycles. The van der Waals surface area contributed by atoms with Crippen molar-refractivity contribution in [3.63, 3.8) is 0 Å². The quantitative estimate of drug-likeness (QED) is 0.313. The average molecular weight is 483 g/mol. The lowest BCUT2D eigenvalue weighted by Gasteiger charge is -2.26. The Bertz CT molecular complexity index is 1120. The first-order chi connectivity index (χ1) is 16.7. The fraction of sp³-hybridized carbons (Fsp3) is 0.407. The van der Waals surface area contributed by atoms with Crippen molar-refractivity contribution in [3.8, 4) is 17.2 Å². The molecule has 1 heterocycles. The summed E-state index contributed by atoms with van der Waals surface area (Å²) in [5, 5.41) is 11.3. The van der Waals surface area contributed by atoms with Crippen LogP contribution in [0, 0.1) is 6.92 Å². The molecule has 1 aliphatic rings. The zero-order valence-electron chi connectivity index (χ0n) is 21.3. The predicted octanol–water partition coefficient (Wildman–Crippen LogP) is 3.78. The van der Waals surface area contributed by atoms with Crippen molar-refractivity contribution in [2.45, 2.75) is 26.3 Å². The number of methoxy groups -OCH3 is 2. The number of ketones is 1. The van der Waals surface area contributed by atoms with Gasteiger partial charge in [0, 0.05) is 12.1 Å². The number of aliphatic hydroxyl groups excluding tert-OH is 1. The van der Waals surface area contributed by atoms with Gasteiger partial charge in [0.15, 0.2) is 11.5 Å². The van der Waals surface area contributed by atoms with Gasteiger partial charge in [0.25, 0.3) is 11.7 Å². The third-order valence-corrected chi connectivity index (χ3v) is 6.02. The van der Waals surface area contributed by atoms with E-state index in [1.54, 1.807) is 43.5 Å². The van der Waals surface area contributed by atoms with E-state index in [0.717, 1.165) is 12.1 Å². The fourth-order valence-corrected chi connectivity index (χ4v) is 4.31. The lowest BCUT2D eigenvalue weighted by atomic mass is 9.94. The van der Waals surface area contributed by atoms with Gasteiger partial charge in [0.05, 0.1) is 32.4 Å². The molecule has 0 aliphatic carbocycles. The molecule has 1 atom stereocenters. The van der Waals surface area contributed by atoms with Gasteiger partial charge in [-0.2, -0.15) is 0 Å². The number of ether oxygens (including phenoxy) is 3. The number of carbonyl (C=O) groups excluding carboxylic acids is 2. The Morgan fingerprint density at radius 2 is 1.71 bits per heavy atom. The number of aliphatic hydroxyl groups is 1. The van der Waals surface area contributed by atoms with Gasteiger partial charge in [-0.15, -0.1) is 0 Å². The topological polar surface area (TPSA) is 88.5 Å². The molecule has 0 spiro atoms. The van der Waals surface area contributed by atoms with Crippen molar-refractivity contribution >= 4 is 17.4 Å². The van der Waals surface area contributed by atoms with Crippen molar-refractivity contribution in [1.29, 1.82) is 0 Å². The predicted molar refractivity (Wildman–Crippen MR) is 134 cm³/mol. The van der Waals surface area contributed by atoms with Gasteiger partial charge in [0.2, 0.25) is 0 Å². The molecule has 8 heteroatoms. The van der Waals surface area contributed by atoms with Gasteiger partial charge in [0.1, 0.15) is 11.5 Å². The molecule has 3 rings (SSSR count). The SMILES string of the molecule is CCOc1ccc(C(O)=C2C(=O)C(=O)N(CCCN(C)C)[C@H]2c2ccc(OC)c(OC)c2)cc1C. The summed E-state index contributed by atoms with van der Waals surface area (Å²) in [6, 6.07) is 9.70. The second kappa shape index (κ2) is 11.3. The molecule has 1 aliphatic heterocycles. The Morgan fingerprint density at radius 3 is 2.31 bits per heavy atom. The number of aryl methyl sites for hydroxylation is 1. The standard InChI is InChI=1S/C27H34N2O6/c1-7-35-20-11-10-19(15-17(20)2)25(30)23-24(18-9-12-21(33-5)22(16-18)34-6)29(27(32)26(23)31)14-8-13-28(3)4/h9-12,15-16,24,30H,7-8,13-14H2,1-6H3/t24-/m0/s1. The molecular weight excluding hydrogens is 448 g/mol. The van der Waals surface area contributed by atoms with E-state index in [4.69, 9.17) is 14.2 Å². The smallest absolute Gasteiger partial charge is 0.295 e. The molecule has 0 radical (unpaired) electrons. The number of likely N-dealkylation sites (tertiary alicyclic amines) is 1. The van der Waals surface area contributed by atoms with Crippen LogP contribution in [0.5, 0.6) is 17.2 Å². The monoisotopic (exact) mass is 482 g/mol. The van der Waals surface area contributed by atoms with Crippen molar-refractivity contribution in [2.24, 2.45) is 0 Å². The first-order valence-electron chi connectivity index (χ1n) is 11.6. The number of rotatable bonds is 10. The molecule has 1 fully saturated rings. The van der Waals surface area contributed by atoms with Gasteiger partial charge in [-0.1, -0.05) is 6.07 Å². The second-order valence-electron chi connectivity index (χ2n) is 8.68. The van der Waals surface area contributed by atoms with E-state index < -0.39 is 17.7 Å². The minimum absolute atomic E-state index is 0.0515. The van der Waals surface area contributed by atoms with Crippen LogP contribution in [0.2, 0.25) is 0 Å². The van der Waals surface area contributed by atoms with Crippen LogP contribution in [-0.2, 0) is 9.59 Å². The number of nitrogens with zero attached hydrogens (tertiary/aromatic N) is 2. The van der Waals surface area contributed by atoms with E-state index in [9.17, 15) is 14.7 Å². The molecule has 1 saturated heterocycles. The summed E-state index contributed by atoms with van der Waals surface area (Å²) in [5.74, 6) is 0.143. The van der Waals surface area contributed by atoms with Crippen LogP contribution in [0.15, 0.2) is 42.0 Å². The zero-order valence-corrected chi connectivity index (χ0v) is 21.3. The number of hydrogen-bond acceptors (Lipinski definition) is 7. The van der Waals surface area contributed by atoms with Crippen molar-refractivity contribution in [2.75, 3.05) is 48.0 Å². The van der Waals surface area contributed by atoms with Gasteiger partial charge < -0.3 is 29.1 Å². The summed E-state index contributed by atoms with van der Waals surface area (Å²) in [6.07, 6.45) is 0.673. The minimum atomic E-state index is -0.760. The molecular formula is C27H34N2O6. The highest BCUT2D eigenvalue weighted by Gasteiger charge is 2.46. The highest BCUT2D eigenvalue weighted by molar-refractivity contribution is 6.46. The van der Waals surface area contributed by atoms with Crippen LogP contribution in [-0.4, -0.2) is 74.6 Å². The molecule has 8 nitrogen and oxygen atoms in total. The van der Waals surface area contributed by atoms with E-state index in [1.807, 2.05) is 32.8 Å². The second-order valence-corrected chi connectivity index (χ2v) is 8.68. The van der Waals surface area contributed by atoms with E-state index in [1.165, 1.54) is 12.0 Å². The molecule has 1 N–H and O–H groups in total. The van der Waals surface area contributed by atoms with E-state index in [2.05, 4.69) is 0 Å². The third-order valence-electron chi connectivity index (χ3n) is 6.02. The Hall–Kier alpha value is -3.52. The Morgan fingerprint density at radius 1 is 1.03 bits per heavy atom. The lowest BCUT2D eigenvalue weighted by Crippen LogP contribution is -2.32. The summed E-state index contributed by atoms with van der Waals surface area (Å²) >= 11 is 0. The molecule has 2 aromatic rings. The Labute approximate surface area is 206 Å². The summed E-state index contributed by atoms with van der Waals surface area (Å²) in [5.41, 5.74) is 1.97. The van der Waals surface area contributed by atoms with Gasteiger partial charge in [-0.05, 0) is 82.4 Å². The summed E-state index contributed by atoms with van der Waals surface area (Å²) in [4.78, 5) is 29.9. The van der Waals surface area contributed by atoms with Crippen molar-refractivity contribution < 1.29 is 28.9 Å². The van der Waals surface area contributed by atoms with Crippen LogP contribution in [0.25, 0.3) is 5.76 Å². The van der Waals surface area contributed by atoms with Crippen LogP contribution in [0.1, 0.15) is 36.1 Å². The van der Waals surface area contributed by atoms with Gasteiger partial charge in [-0.25, -0.2) is 0 Å². The number of carbonyl (C=O) groups is 2. The number of hydrogen-bond donors (Lipinski definition) is 1. The zero-order chi connectivity index (χ0) is 25.7. The van der Waals surface area contributed by atoms with E-state index >= 15 is 0 Å². The number of benzene rings is 2. The lowest BCUT2D eigenvalue weighted by molar-refractivity contribution is -0.139. The molecule has 1 amide bonds. The van der Waals surface area contributed by atoms with Crippen LogP contribution in [0.3, 0.4) is 0 Å². The van der Waals surface area contributed by atoms with Gasteiger partial charge in [-0.3, -0.25) is 9.59 Å². The van der Waals surface area contributed by atoms with E-state index in [0.29, 0.717) is 47.9 Å². The minimum Gasteiger partial charge on any atom is -0.507 e. The van der Waals surface area contributed by atoms with Gasteiger partial charge >= 0.3 is 0 Å². The maximum atomic E-state index is 13.2. The summed E-state index contributed by atoms with van der Waals surface area (Å²) in [7, 11) is 6.97. The first-order valence-corrected chi connectivity index (χ1v) is 11.6. The maximum Gasteiger partial charge on any atom is 0.295 e. The Kier molecular flexibility index (Phi) is 8.40.